The Balaban J connectivity index is 1.50. The molecule has 0 fully saturated rings. The lowest BCUT2D eigenvalue weighted by Gasteiger charge is -2.20. The number of rotatable bonds is 8. The summed E-state index contributed by atoms with van der Waals surface area (Å²) < 4.78 is 38.4. The number of anilines is 1. The molecule has 8 heteroatoms. The van der Waals surface area contributed by atoms with Crippen molar-refractivity contribution in [3.05, 3.63) is 78.9 Å². The van der Waals surface area contributed by atoms with Crippen LogP contribution in [0.3, 0.4) is 0 Å². The number of sulfonamides is 1. The van der Waals surface area contributed by atoms with Crippen LogP contribution in [-0.4, -0.2) is 26.5 Å². The summed E-state index contributed by atoms with van der Waals surface area (Å²) in [6.45, 7) is 5.09. The second-order valence-corrected chi connectivity index (χ2v) is 9.79. The summed E-state index contributed by atoms with van der Waals surface area (Å²) in [6.07, 6.45) is 0. The van der Waals surface area contributed by atoms with E-state index < -0.39 is 15.6 Å². The number of benzene rings is 3. The maximum Gasteiger partial charge on any atom is 0.262 e. The zero-order valence-corrected chi connectivity index (χ0v) is 19.0. The molecule has 0 saturated carbocycles. The third-order valence-electron chi connectivity index (χ3n) is 4.06. The van der Waals surface area contributed by atoms with Crippen molar-refractivity contribution in [1.82, 2.24) is 4.72 Å². The quantitative estimate of drug-likeness (QED) is 0.520. The van der Waals surface area contributed by atoms with Crippen LogP contribution in [0.5, 0.6) is 17.2 Å². The highest BCUT2D eigenvalue weighted by Crippen LogP contribution is 2.23. The van der Waals surface area contributed by atoms with Crippen LogP contribution in [0.15, 0.2) is 83.8 Å². The van der Waals surface area contributed by atoms with Crippen LogP contribution in [-0.2, 0) is 14.8 Å². The Labute approximate surface area is 188 Å². The van der Waals surface area contributed by atoms with Gasteiger partial charge in [-0.15, -0.1) is 0 Å². The number of para-hydroxylation sites is 1. The Morgan fingerprint density at radius 1 is 0.812 bits per heavy atom. The fourth-order valence-corrected chi connectivity index (χ4v) is 4.17. The molecule has 0 aromatic heterocycles. The monoisotopic (exact) mass is 454 g/mol. The predicted molar refractivity (Wildman–Crippen MR) is 124 cm³/mol. The van der Waals surface area contributed by atoms with E-state index in [0.29, 0.717) is 17.2 Å². The van der Waals surface area contributed by atoms with Crippen LogP contribution >= 0.6 is 0 Å². The Morgan fingerprint density at radius 3 is 1.97 bits per heavy atom. The fourth-order valence-electron chi connectivity index (χ4n) is 2.75. The highest BCUT2D eigenvalue weighted by Gasteiger charge is 2.21. The van der Waals surface area contributed by atoms with Gasteiger partial charge in [-0.3, -0.25) is 4.79 Å². The average Bonchev–Trinajstić information content (AvgIpc) is 2.73. The van der Waals surface area contributed by atoms with E-state index >= 15 is 0 Å². The summed E-state index contributed by atoms with van der Waals surface area (Å²) in [7, 11) is -3.63. The lowest BCUT2D eigenvalue weighted by molar-refractivity contribution is -0.118. The van der Waals surface area contributed by atoms with E-state index in [1.807, 2.05) is 30.3 Å². The summed E-state index contributed by atoms with van der Waals surface area (Å²) in [6, 6.07) is 22.3. The summed E-state index contributed by atoms with van der Waals surface area (Å²) in [5.74, 6) is 1.43. The van der Waals surface area contributed by atoms with Crippen molar-refractivity contribution >= 4 is 21.6 Å². The van der Waals surface area contributed by atoms with Gasteiger partial charge in [0.2, 0.25) is 10.0 Å². The number of ether oxygens (including phenoxy) is 2. The standard InChI is InChI=1S/C24H26N2O5S/c1-24(2,3)26-32(28,29)22-15-13-19(14-16-22)30-17-23(27)25-18-9-11-21(12-10-18)31-20-7-5-4-6-8-20/h4-16,26H,17H2,1-3H3,(H,25,27). The van der Waals surface area contributed by atoms with Gasteiger partial charge >= 0.3 is 0 Å². The molecule has 2 N–H and O–H groups in total. The third-order valence-corrected chi connectivity index (χ3v) is 5.84. The summed E-state index contributed by atoms with van der Waals surface area (Å²) >= 11 is 0. The predicted octanol–water partition coefficient (Wildman–Crippen LogP) is 4.57. The van der Waals surface area contributed by atoms with Gasteiger partial charge in [0.1, 0.15) is 17.2 Å². The normalized spacial score (nSPS) is 11.6. The molecule has 0 bridgehead atoms. The number of amides is 1. The minimum Gasteiger partial charge on any atom is -0.484 e. The molecule has 3 aromatic rings. The smallest absolute Gasteiger partial charge is 0.262 e. The van der Waals surface area contributed by atoms with Gasteiger partial charge in [0.05, 0.1) is 4.90 Å². The lowest BCUT2D eigenvalue weighted by Crippen LogP contribution is -2.40. The van der Waals surface area contributed by atoms with Gasteiger partial charge in [0, 0.05) is 11.2 Å². The number of hydrogen-bond donors (Lipinski definition) is 2. The van der Waals surface area contributed by atoms with Crippen LogP contribution in [0.4, 0.5) is 5.69 Å². The number of carbonyl (C=O) groups excluding carboxylic acids is 1. The van der Waals surface area contributed by atoms with Gasteiger partial charge < -0.3 is 14.8 Å². The van der Waals surface area contributed by atoms with Gasteiger partial charge in [-0.05, 0) is 81.4 Å². The van der Waals surface area contributed by atoms with Crippen molar-refractivity contribution < 1.29 is 22.7 Å². The zero-order chi connectivity index (χ0) is 23.2. The van der Waals surface area contributed by atoms with Gasteiger partial charge in [0.15, 0.2) is 6.61 Å². The summed E-state index contributed by atoms with van der Waals surface area (Å²) in [5, 5.41) is 2.74. The highest BCUT2D eigenvalue weighted by molar-refractivity contribution is 7.89. The van der Waals surface area contributed by atoms with Gasteiger partial charge in [0.25, 0.3) is 5.91 Å². The first-order chi connectivity index (χ1) is 15.1. The second kappa shape index (κ2) is 9.84. The van der Waals surface area contributed by atoms with Crippen molar-refractivity contribution in [2.75, 3.05) is 11.9 Å². The number of hydrogen-bond acceptors (Lipinski definition) is 5. The molecule has 3 rings (SSSR count). The van der Waals surface area contributed by atoms with Gasteiger partial charge in [-0.1, -0.05) is 18.2 Å². The SMILES string of the molecule is CC(C)(C)NS(=O)(=O)c1ccc(OCC(=O)Nc2ccc(Oc3ccccc3)cc2)cc1. The Kier molecular flexibility index (Phi) is 7.17. The molecule has 0 aliphatic rings. The van der Waals surface area contributed by atoms with Crippen molar-refractivity contribution in [2.45, 2.75) is 31.2 Å². The Bertz CT molecular complexity index is 1140. The molecule has 0 heterocycles. The summed E-state index contributed by atoms with van der Waals surface area (Å²) in [4.78, 5) is 12.3. The van der Waals surface area contributed by atoms with Gasteiger partial charge in [-0.2, -0.15) is 0 Å². The van der Waals surface area contributed by atoms with Crippen molar-refractivity contribution in [1.29, 1.82) is 0 Å². The van der Waals surface area contributed by atoms with Crippen molar-refractivity contribution in [3.8, 4) is 17.2 Å². The molecule has 0 unspecified atom stereocenters. The Morgan fingerprint density at radius 2 is 1.38 bits per heavy atom. The number of nitrogens with one attached hydrogen (secondary N) is 2. The topological polar surface area (TPSA) is 93.7 Å². The fraction of sp³-hybridized carbons (Fsp3) is 0.208. The number of carbonyl (C=O) groups is 1. The molecule has 7 nitrogen and oxygen atoms in total. The zero-order valence-electron chi connectivity index (χ0n) is 18.2. The van der Waals surface area contributed by atoms with Gasteiger partial charge in [-0.25, -0.2) is 13.1 Å². The molecule has 0 radical (unpaired) electrons. The van der Waals surface area contributed by atoms with E-state index in [2.05, 4.69) is 10.0 Å². The van der Waals surface area contributed by atoms with E-state index in [9.17, 15) is 13.2 Å². The molecule has 0 aliphatic carbocycles. The molecular weight excluding hydrogens is 428 g/mol. The van der Waals surface area contributed by atoms with Crippen LogP contribution in [0.2, 0.25) is 0 Å². The first-order valence-electron chi connectivity index (χ1n) is 10.0. The van der Waals surface area contributed by atoms with E-state index in [1.165, 1.54) is 24.3 Å². The maximum atomic E-state index is 12.3. The molecular formula is C24H26N2O5S. The van der Waals surface area contributed by atoms with Crippen LogP contribution < -0.4 is 19.5 Å². The average molecular weight is 455 g/mol. The molecule has 0 aliphatic heterocycles. The van der Waals surface area contributed by atoms with E-state index in [1.54, 1.807) is 45.0 Å². The highest BCUT2D eigenvalue weighted by atomic mass is 32.2. The minimum absolute atomic E-state index is 0.127. The first kappa shape index (κ1) is 23.3. The molecule has 168 valence electrons. The minimum atomic E-state index is -3.63. The van der Waals surface area contributed by atoms with E-state index in [0.717, 1.165) is 5.75 Å². The Hall–Kier alpha value is -3.36. The molecule has 0 saturated heterocycles. The van der Waals surface area contributed by atoms with Crippen molar-refractivity contribution in [3.63, 3.8) is 0 Å². The molecule has 0 atom stereocenters. The molecule has 0 spiro atoms. The lowest BCUT2D eigenvalue weighted by atomic mass is 10.1. The maximum absolute atomic E-state index is 12.3. The van der Waals surface area contributed by atoms with E-state index in [-0.39, 0.29) is 17.4 Å². The van der Waals surface area contributed by atoms with Crippen LogP contribution in [0.25, 0.3) is 0 Å². The first-order valence-corrected chi connectivity index (χ1v) is 11.5. The third kappa shape index (κ3) is 7.11. The largest absolute Gasteiger partial charge is 0.484 e. The van der Waals surface area contributed by atoms with Crippen molar-refractivity contribution in [2.24, 2.45) is 0 Å². The van der Waals surface area contributed by atoms with E-state index in [4.69, 9.17) is 9.47 Å². The van der Waals surface area contributed by atoms with Crippen LogP contribution in [0, 0.1) is 0 Å². The van der Waals surface area contributed by atoms with Crippen LogP contribution in [0.1, 0.15) is 20.8 Å². The summed E-state index contributed by atoms with van der Waals surface area (Å²) in [5.41, 5.74) is 0.0199. The molecule has 3 aromatic carbocycles. The molecule has 32 heavy (non-hydrogen) atoms. The molecule has 1 amide bonds. The second-order valence-electron chi connectivity index (χ2n) is 8.10.